The van der Waals surface area contributed by atoms with Gasteiger partial charge in [-0.2, -0.15) is 0 Å². The van der Waals surface area contributed by atoms with Crippen LogP contribution >= 0.6 is 11.6 Å². The Hall–Kier alpha value is -0.820. The molecule has 0 atom stereocenters. The van der Waals surface area contributed by atoms with Crippen LogP contribution in [0.3, 0.4) is 0 Å². The maximum absolute atomic E-state index is 11.3. The summed E-state index contributed by atoms with van der Waals surface area (Å²) in [6.07, 6.45) is 0. The number of carbonyl (C=O) groups is 1. The number of hydrogen-bond donors (Lipinski definition) is 0. The molecule has 0 aliphatic carbocycles. The third-order valence-corrected chi connectivity index (χ3v) is 2.91. The van der Waals surface area contributed by atoms with Gasteiger partial charge in [-0.1, -0.05) is 29.3 Å². The molecule has 0 unspecified atom stereocenters. The minimum Gasteiger partial charge on any atom is -0.280 e. The fourth-order valence-electron chi connectivity index (χ4n) is 1.45. The number of halogens is 1. The molecule has 14 heavy (non-hydrogen) atoms. The lowest BCUT2D eigenvalue weighted by Crippen LogP contribution is -2.24. The SMILES string of the molecule is Cc1cc(C)cc(C(C)(C)C(=O)Cl)c1. The molecule has 0 amide bonds. The van der Waals surface area contributed by atoms with Gasteiger partial charge in [0.2, 0.25) is 5.24 Å². The highest BCUT2D eigenvalue weighted by Gasteiger charge is 2.28. The molecule has 76 valence electrons. The highest BCUT2D eigenvalue weighted by atomic mass is 35.5. The van der Waals surface area contributed by atoms with E-state index in [1.807, 2.05) is 39.8 Å². The second-order valence-electron chi connectivity index (χ2n) is 4.28. The first-order valence-electron chi connectivity index (χ1n) is 4.63. The molecule has 0 heterocycles. The fourth-order valence-corrected chi connectivity index (χ4v) is 1.56. The number of carbonyl (C=O) groups excluding carboxylic acids is 1. The maximum atomic E-state index is 11.3. The maximum Gasteiger partial charge on any atom is 0.231 e. The Kier molecular flexibility index (Phi) is 3.01. The molecule has 0 radical (unpaired) electrons. The normalized spacial score (nSPS) is 11.5. The summed E-state index contributed by atoms with van der Waals surface area (Å²) in [5.74, 6) is 0. The summed E-state index contributed by atoms with van der Waals surface area (Å²) in [5.41, 5.74) is 2.70. The zero-order valence-electron chi connectivity index (χ0n) is 9.02. The van der Waals surface area contributed by atoms with Gasteiger partial charge < -0.3 is 0 Å². The van der Waals surface area contributed by atoms with Crippen LogP contribution in [0.15, 0.2) is 18.2 Å². The van der Waals surface area contributed by atoms with Crippen molar-refractivity contribution < 1.29 is 4.79 Å². The Morgan fingerprint density at radius 3 is 1.93 bits per heavy atom. The predicted molar refractivity (Wildman–Crippen MR) is 59.8 cm³/mol. The van der Waals surface area contributed by atoms with Crippen LogP contribution in [0.4, 0.5) is 0 Å². The quantitative estimate of drug-likeness (QED) is 0.685. The van der Waals surface area contributed by atoms with Crippen molar-refractivity contribution in [3.05, 3.63) is 34.9 Å². The zero-order chi connectivity index (χ0) is 10.9. The average Bonchev–Trinajstić information content (AvgIpc) is 2.01. The fraction of sp³-hybridized carbons (Fsp3) is 0.417. The van der Waals surface area contributed by atoms with E-state index in [-0.39, 0.29) is 5.24 Å². The van der Waals surface area contributed by atoms with Crippen molar-refractivity contribution in [2.45, 2.75) is 33.1 Å². The first-order valence-corrected chi connectivity index (χ1v) is 5.00. The Labute approximate surface area is 90.1 Å². The lowest BCUT2D eigenvalue weighted by molar-refractivity contribution is -0.115. The van der Waals surface area contributed by atoms with Crippen molar-refractivity contribution in [3.8, 4) is 0 Å². The smallest absolute Gasteiger partial charge is 0.231 e. The molecule has 1 aromatic rings. The van der Waals surface area contributed by atoms with E-state index in [0.717, 1.165) is 16.7 Å². The van der Waals surface area contributed by atoms with Crippen molar-refractivity contribution in [2.75, 3.05) is 0 Å². The van der Waals surface area contributed by atoms with E-state index in [9.17, 15) is 4.79 Å². The van der Waals surface area contributed by atoms with Gasteiger partial charge in [0.05, 0.1) is 5.41 Å². The average molecular weight is 211 g/mol. The number of hydrogen-bond acceptors (Lipinski definition) is 1. The standard InChI is InChI=1S/C12H15ClO/c1-8-5-9(2)7-10(6-8)12(3,4)11(13)14/h5-7H,1-4H3. The van der Waals surface area contributed by atoms with Gasteiger partial charge in [0, 0.05) is 0 Å². The Morgan fingerprint density at radius 1 is 1.14 bits per heavy atom. The van der Waals surface area contributed by atoms with Crippen LogP contribution in [-0.2, 0) is 10.2 Å². The van der Waals surface area contributed by atoms with Crippen LogP contribution in [0.25, 0.3) is 0 Å². The summed E-state index contributed by atoms with van der Waals surface area (Å²) >= 11 is 5.57. The lowest BCUT2D eigenvalue weighted by atomic mass is 9.84. The number of benzene rings is 1. The Bertz CT molecular complexity index is 346. The van der Waals surface area contributed by atoms with E-state index in [4.69, 9.17) is 11.6 Å². The van der Waals surface area contributed by atoms with E-state index < -0.39 is 5.41 Å². The molecule has 0 bridgehead atoms. The van der Waals surface area contributed by atoms with E-state index in [1.165, 1.54) is 0 Å². The van der Waals surface area contributed by atoms with Crippen molar-refractivity contribution in [2.24, 2.45) is 0 Å². The minimum atomic E-state index is -0.599. The van der Waals surface area contributed by atoms with Crippen LogP contribution in [0.2, 0.25) is 0 Å². The van der Waals surface area contributed by atoms with Crippen LogP contribution in [0.5, 0.6) is 0 Å². The molecule has 0 aliphatic heterocycles. The highest BCUT2D eigenvalue weighted by Crippen LogP contribution is 2.27. The molecule has 0 saturated heterocycles. The van der Waals surface area contributed by atoms with Gasteiger partial charge in [0.1, 0.15) is 0 Å². The third kappa shape index (κ3) is 2.16. The molecule has 0 aromatic heterocycles. The molecule has 0 aliphatic rings. The molecule has 2 heteroatoms. The zero-order valence-corrected chi connectivity index (χ0v) is 9.77. The minimum absolute atomic E-state index is 0.317. The van der Waals surface area contributed by atoms with E-state index in [0.29, 0.717) is 0 Å². The molecule has 1 rings (SSSR count). The second-order valence-corrected chi connectivity index (χ2v) is 4.62. The van der Waals surface area contributed by atoms with Gasteiger partial charge in [0.25, 0.3) is 0 Å². The molecule has 0 spiro atoms. The van der Waals surface area contributed by atoms with Crippen LogP contribution in [0, 0.1) is 13.8 Å². The Morgan fingerprint density at radius 2 is 1.57 bits per heavy atom. The first kappa shape index (κ1) is 11.3. The third-order valence-electron chi connectivity index (χ3n) is 2.43. The Balaban J connectivity index is 3.25. The lowest BCUT2D eigenvalue weighted by Gasteiger charge is -2.21. The molecular formula is C12H15ClO. The molecule has 1 aromatic carbocycles. The summed E-state index contributed by atoms with van der Waals surface area (Å²) in [6.45, 7) is 7.73. The number of aryl methyl sites for hydroxylation is 2. The van der Waals surface area contributed by atoms with E-state index in [1.54, 1.807) is 0 Å². The molecular weight excluding hydrogens is 196 g/mol. The summed E-state index contributed by atoms with van der Waals surface area (Å²) in [4.78, 5) is 11.3. The molecule has 0 N–H and O–H groups in total. The summed E-state index contributed by atoms with van der Waals surface area (Å²) in [7, 11) is 0. The summed E-state index contributed by atoms with van der Waals surface area (Å²) < 4.78 is 0. The van der Waals surface area contributed by atoms with Gasteiger partial charge in [-0.05, 0) is 44.9 Å². The van der Waals surface area contributed by atoms with Gasteiger partial charge in [0.15, 0.2) is 0 Å². The van der Waals surface area contributed by atoms with Crippen molar-refractivity contribution in [1.82, 2.24) is 0 Å². The topological polar surface area (TPSA) is 17.1 Å². The molecule has 1 nitrogen and oxygen atoms in total. The van der Waals surface area contributed by atoms with E-state index in [2.05, 4.69) is 6.07 Å². The summed E-state index contributed by atoms with van der Waals surface area (Å²) in [5, 5.41) is -0.317. The van der Waals surface area contributed by atoms with Crippen LogP contribution in [0.1, 0.15) is 30.5 Å². The van der Waals surface area contributed by atoms with Crippen LogP contribution < -0.4 is 0 Å². The largest absolute Gasteiger partial charge is 0.280 e. The van der Waals surface area contributed by atoms with E-state index >= 15 is 0 Å². The van der Waals surface area contributed by atoms with Gasteiger partial charge in [-0.3, -0.25) is 4.79 Å². The van der Waals surface area contributed by atoms with Crippen LogP contribution in [-0.4, -0.2) is 5.24 Å². The number of rotatable bonds is 2. The summed E-state index contributed by atoms with van der Waals surface area (Å²) in [6, 6.07) is 6.10. The highest BCUT2D eigenvalue weighted by molar-refractivity contribution is 6.65. The first-order chi connectivity index (χ1) is 6.34. The molecule has 0 saturated carbocycles. The predicted octanol–water partition coefficient (Wildman–Crippen LogP) is 3.35. The van der Waals surface area contributed by atoms with Crippen molar-refractivity contribution in [3.63, 3.8) is 0 Å². The molecule has 0 fully saturated rings. The van der Waals surface area contributed by atoms with Gasteiger partial charge in [-0.25, -0.2) is 0 Å². The van der Waals surface area contributed by atoms with Crippen molar-refractivity contribution in [1.29, 1.82) is 0 Å². The second kappa shape index (κ2) is 3.74. The van der Waals surface area contributed by atoms with Crippen molar-refractivity contribution >= 4 is 16.8 Å². The van der Waals surface area contributed by atoms with Gasteiger partial charge in [-0.15, -0.1) is 0 Å². The van der Waals surface area contributed by atoms with Gasteiger partial charge >= 0.3 is 0 Å². The monoisotopic (exact) mass is 210 g/mol.